The molecule has 1 aromatic heterocycles. The molecule has 33 heavy (non-hydrogen) atoms. The van der Waals surface area contributed by atoms with Gasteiger partial charge in [-0.3, -0.25) is 14.2 Å². The third kappa shape index (κ3) is 4.86. The minimum absolute atomic E-state index is 0.0829. The van der Waals surface area contributed by atoms with Crippen molar-refractivity contribution in [2.45, 2.75) is 38.6 Å². The van der Waals surface area contributed by atoms with Crippen LogP contribution in [-0.4, -0.2) is 70.0 Å². The Labute approximate surface area is 190 Å². The molecule has 11 heteroatoms. The number of carbonyl (C=O) groups is 2. The standard InChI is InChI=1S/C22H28N4O7/c1-4-5-9-16-24-19(27)17(20(28)25-11-10-13(12-25)23-22(30)31)21(29)26(16)18-14(32-2)7-6-8-15(18)33-3/h6-8,13,23,29H,4-5,9-12H2,1-3H3,(H,30,31)/t13-/m1/s1. The number of aryl methyl sites for hydroxylation is 1. The zero-order valence-corrected chi connectivity index (χ0v) is 18.8. The van der Waals surface area contributed by atoms with E-state index in [0.717, 1.165) is 6.42 Å². The van der Waals surface area contributed by atoms with Gasteiger partial charge in [0.1, 0.15) is 23.0 Å². The van der Waals surface area contributed by atoms with E-state index in [1.165, 1.54) is 23.7 Å². The zero-order valence-electron chi connectivity index (χ0n) is 18.8. The van der Waals surface area contributed by atoms with Gasteiger partial charge in [0.15, 0.2) is 5.56 Å². The van der Waals surface area contributed by atoms with Gasteiger partial charge in [-0.1, -0.05) is 19.4 Å². The van der Waals surface area contributed by atoms with Gasteiger partial charge in [-0.05, 0) is 25.0 Å². The summed E-state index contributed by atoms with van der Waals surface area (Å²) in [6.07, 6.45) is 1.11. The first-order chi connectivity index (χ1) is 15.8. The number of hydrogen-bond acceptors (Lipinski definition) is 7. The van der Waals surface area contributed by atoms with Gasteiger partial charge in [-0.25, -0.2) is 4.79 Å². The number of nitrogens with zero attached hydrogens (tertiary/aromatic N) is 3. The second-order valence-electron chi connectivity index (χ2n) is 7.67. The molecule has 3 rings (SSSR count). The fourth-order valence-corrected chi connectivity index (χ4v) is 3.92. The SMILES string of the molecule is CCCCc1nc(=O)c(C(=O)N2CC[C@@H](NC(=O)O)C2)c(O)n1-c1c(OC)cccc1OC. The van der Waals surface area contributed by atoms with Gasteiger partial charge in [-0.15, -0.1) is 0 Å². The molecule has 0 aliphatic carbocycles. The van der Waals surface area contributed by atoms with E-state index in [9.17, 15) is 19.5 Å². The minimum Gasteiger partial charge on any atom is -0.494 e. The second-order valence-corrected chi connectivity index (χ2v) is 7.67. The van der Waals surface area contributed by atoms with Crippen LogP contribution in [0.15, 0.2) is 23.0 Å². The number of amides is 2. The molecule has 0 bridgehead atoms. The topological polar surface area (TPSA) is 143 Å². The predicted octanol–water partition coefficient (Wildman–Crippen LogP) is 1.78. The van der Waals surface area contributed by atoms with Crippen LogP contribution in [0, 0.1) is 0 Å². The summed E-state index contributed by atoms with van der Waals surface area (Å²) in [5.41, 5.74) is -1.01. The predicted molar refractivity (Wildman–Crippen MR) is 119 cm³/mol. The number of rotatable bonds is 8. The monoisotopic (exact) mass is 460 g/mol. The molecule has 0 radical (unpaired) electrons. The van der Waals surface area contributed by atoms with Crippen molar-refractivity contribution < 1.29 is 29.3 Å². The maximum atomic E-state index is 13.2. The number of hydrogen-bond donors (Lipinski definition) is 3. The number of likely N-dealkylation sites (tertiary alicyclic amines) is 1. The lowest BCUT2D eigenvalue weighted by Gasteiger charge is -2.22. The Kier molecular flexibility index (Phi) is 7.41. The molecule has 1 aliphatic heterocycles. The molecule has 0 unspecified atom stereocenters. The molecule has 1 aliphatic rings. The molecule has 178 valence electrons. The maximum absolute atomic E-state index is 13.2. The van der Waals surface area contributed by atoms with Crippen LogP contribution in [0.2, 0.25) is 0 Å². The lowest BCUT2D eigenvalue weighted by Crippen LogP contribution is -2.39. The summed E-state index contributed by atoms with van der Waals surface area (Å²) in [4.78, 5) is 42.5. The van der Waals surface area contributed by atoms with Crippen LogP contribution in [0.1, 0.15) is 42.4 Å². The Morgan fingerprint density at radius 1 is 1.24 bits per heavy atom. The third-order valence-electron chi connectivity index (χ3n) is 5.53. The fourth-order valence-electron chi connectivity index (χ4n) is 3.92. The number of unbranched alkanes of at least 4 members (excludes halogenated alkanes) is 1. The van der Waals surface area contributed by atoms with Crippen LogP contribution in [0.5, 0.6) is 17.4 Å². The third-order valence-corrected chi connectivity index (χ3v) is 5.53. The summed E-state index contributed by atoms with van der Waals surface area (Å²) in [5.74, 6) is -0.297. The summed E-state index contributed by atoms with van der Waals surface area (Å²) >= 11 is 0. The number of benzene rings is 1. The average molecular weight is 460 g/mol. The van der Waals surface area contributed by atoms with Gasteiger partial charge in [-0.2, -0.15) is 4.98 Å². The molecule has 2 amide bonds. The van der Waals surface area contributed by atoms with Crippen molar-refractivity contribution in [3.63, 3.8) is 0 Å². The Hall–Kier alpha value is -3.76. The molecular formula is C22H28N4O7. The fraction of sp³-hybridized carbons (Fsp3) is 0.455. The van der Waals surface area contributed by atoms with Crippen LogP contribution in [-0.2, 0) is 6.42 Å². The van der Waals surface area contributed by atoms with Gasteiger partial charge < -0.3 is 29.9 Å². The van der Waals surface area contributed by atoms with E-state index in [-0.39, 0.29) is 18.9 Å². The molecule has 1 fully saturated rings. The molecule has 11 nitrogen and oxygen atoms in total. The largest absolute Gasteiger partial charge is 0.494 e. The Bertz CT molecular complexity index is 1080. The number of methoxy groups -OCH3 is 2. The quantitative estimate of drug-likeness (QED) is 0.541. The second kappa shape index (κ2) is 10.2. The molecule has 0 spiro atoms. The molecule has 1 aromatic carbocycles. The van der Waals surface area contributed by atoms with Crippen LogP contribution < -0.4 is 20.3 Å². The first-order valence-electron chi connectivity index (χ1n) is 10.7. The van der Waals surface area contributed by atoms with Crippen molar-refractivity contribution in [2.75, 3.05) is 27.3 Å². The lowest BCUT2D eigenvalue weighted by atomic mass is 10.2. The molecule has 0 saturated carbocycles. The normalized spacial score (nSPS) is 15.4. The molecule has 2 heterocycles. The van der Waals surface area contributed by atoms with Gasteiger partial charge in [0.2, 0.25) is 5.88 Å². The smallest absolute Gasteiger partial charge is 0.404 e. The molecular weight excluding hydrogens is 432 g/mol. The van der Waals surface area contributed by atoms with Crippen molar-refractivity contribution in [1.29, 1.82) is 0 Å². The Morgan fingerprint density at radius 2 is 1.91 bits per heavy atom. The van der Waals surface area contributed by atoms with Gasteiger partial charge >= 0.3 is 6.09 Å². The highest BCUT2D eigenvalue weighted by Crippen LogP contribution is 2.36. The Morgan fingerprint density at radius 3 is 2.48 bits per heavy atom. The number of aromatic hydroxyl groups is 1. The number of carboxylic acid groups (broad SMARTS) is 1. The van der Waals surface area contributed by atoms with E-state index in [1.54, 1.807) is 18.2 Å². The molecule has 2 aromatic rings. The van der Waals surface area contributed by atoms with Crippen LogP contribution in [0.3, 0.4) is 0 Å². The number of nitrogens with one attached hydrogen (secondary N) is 1. The first kappa shape index (κ1) is 23.9. The summed E-state index contributed by atoms with van der Waals surface area (Å²) < 4.78 is 12.2. The highest BCUT2D eigenvalue weighted by atomic mass is 16.5. The van der Waals surface area contributed by atoms with Crippen molar-refractivity contribution in [2.24, 2.45) is 0 Å². The summed E-state index contributed by atoms with van der Waals surface area (Å²) in [7, 11) is 2.92. The summed E-state index contributed by atoms with van der Waals surface area (Å²) in [5, 5.41) is 22.5. The van der Waals surface area contributed by atoms with Gasteiger partial charge in [0.05, 0.1) is 20.3 Å². The molecule has 1 atom stereocenters. The first-order valence-corrected chi connectivity index (χ1v) is 10.7. The number of carbonyl (C=O) groups excluding carboxylic acids is 1. The van der Waals surface area contributed by atoms with E-state index in [4.69, 9.17) is 14.6 Å². The average Bonchev–Trinajstić information content (AvgIpc) is 3.24. The van der Waals surface area contributed by atoms with Crippen LogP contribution in [0.4, 0.5) is 4.79 Å². The highest BCUT2D eigenvalue weighted by molar-refractivity contribution is 5.96. The number of ether oxygens (including phenoxy) is 2. The number of para-hydroxylation sites is 1. The molecule has 3 N–H and O–H groups in total. The van der Waals surface area contributed by atoms with Crippen molar-refractivity contribution >= 4 is 12.0 Å². The minimum atomic E-state index is -1.19. The Balaban J connectivity index is 2.15. The van der Waals surface area contributed by atoms with Crippen molar-refractivity contribution in [1.82, 2.24) is 19.8 Å². The van der Waals surface area contributed by atoms with Crippen molar-refractivity contribution in [3.05, 3.63) is 39.9 Å². The van der Waals surface area contributed by atoms with Crippen LogP contribution in [0.25, 0.3) is 5.69 Å². The van der Waals surface area contributed by atoms with E-state index in [2.05, 4.69) is 10.3 Å². The lowest BCUT2D eigenvalue weighted by molar-refractivity contribution is 0.0781. The van der Waals surface area contributed by atoms with Gasteiger partial charge in [0.25, 0.3) is 11.5 Å². The van der Waals surface area contributed by atoms with Gasteiger partial charge in [0, 0.05) is 19.5 Å². The highest BCUT2D eigenvalue weighted by Gasteiger charge is 2.33. The van der Waals surface area contributed by atoms with E-state index < -0.39 is 35.0 Å². The summed E-state index contributed by atoms with van der Waals surface area (Å²) in [6, 6.07) is 4.60. The maximum Gasteiger partial charge on any atom is 0.404 e. The van der Waals surface area contributed by atoms with Crippen LogP contribution >= 0.6 is 0 Å². The number of aromatic nitrogens is 2. The van der Waals surface area contributed by atoms with E-state index in [0.29, 0.717) is 36.4 Å². The summed E-state index contributed by atoms with van der Waals surface area (Å²) in [6.45, 7) is 2.30. The van der Waals surface area contributed by atoms with Crippen molar-refractivity contribution in [3.8, 4) is 23.1 Å². The van der Waals surface area contributed by atoms with E-state index >= 15 is 0 Å². The molecule has 1 saturated heterocycles. The van der Waals surface area contributed by atoms with E-state index in [1.807, 2.05) is 6.92 Å². The zero-order chi connectivity index (χ0) is 24.1.